The van der Waals surface area contributed by atoms with Crippen molar-refractivity contribution in [2.75, 3.05) is 37.7 Å². The van der Waals surface area contributed by atoms with Crippen LogP contribution in [0.25, 0.3) is 0 Å². The summed E-state index contributed by atoms with van der Waals surface area (Å²) in [6.45, 7) is 9.23. The first kappa shape index (κ1) is 14.4. The molecule has 1 aliphatic rings. The van der Waals surface area contributed by atoms with Crippen molar-refractivity contribution in [2.45, 2.75) is 32.7 Å². The Kier molecular flexibility index (Phi) is 5.67. The number of rotatable bonds is 6. The molecule has 1 aromatic rings. The second kappa shape index (κ2) is 7.51. The van der Waals surface area contributed by atoms with E-state index < -0.39 is 0 Å². The van der Waals surface area contributed by atoms with E-state index in [4.69, 9.17) is 4.74 Å². The molecule has 1 aliphatic heterocycles. The normalized spacial score (nSPS) is 17.5. The summed E-state index contributed by atoms with van der Waals surface area (Å²) in [6.07, 6.45) is 2.30. The highest BCUT2D eigenvalue weighted by atomic mass is 16.5. The molecule has 2 rings (SSSR count). The zero-order chi connectivity index (χ0) is 13.5. The highest BCUT2D eigenvalue weighted by Gasteiger charge is 2.18. The summed E-state index contributed by atoms with van der Waals surface area (Å²) in [7, 11) is 0. The van der Waals surface area contributed by atoms with Crippen molar-refractivity contribution >= 4 is 5.69 Å². The van der Waals surface area contributed by atoms with Gasteiger partial charge in [-0.15, -0.1) is 0 Å². The average Bonchev–Trinajstić information content (AvgIpc) is 2.49. The van der Waals surface area contributed by atoms with Crippen molar-refractivity contribution in [3.05, 3.63) is 29.8 Å². The van der Waals surface area contributed by atoms with Gasteiger partial charge in [0.25, 0.3) is 0 Å². The van der Waals surface area contributed by atoms with Gasteiger partial charge in [0.15, 0.2) is 0 Å². The van der Waals surface area contributed by atoms with Crippen LogP contribution in [0.4, 0.5) is 5.69 Å². The van der Waals surface area contributed by atoms with Gasteiger partial charge in [0.05, 0.1) is 13.2 Å². The summed E-state index contributed by atoms with van der Waals surface area (Å²) >= 11 is 0. The second-order valence-corrected chi connectivity index (χ2v) is 5.07. The molecule has 0 radical (unpaired) electrons. The van der Waals surface area contributed by atoms with E-state index in [1.165, 1.54) is 17.7 Å². The van der Waals surface area contributed by atoms with Crippen molar-refractivity contribution in [1.82, 2.24) is 5.32 Å². The van der Waals surface area contributed by atoms with Crippen LogP contribution in [0.15, 0.2) is 24.3 Å². The molecule has 3 heteroatoms. The molecular formula is C16H26N2O. The van der Waals surface area contributed by atoms with Gasteiger partial charge in [-0.1, -0.05) is 32.0 Å². The van der Waals surface area contributed by atoms with E-state index in [-0.39, 0.29) is 0 Å². The highest BCUT2D eigenvalue weighted by molar-refractivity contribution is 5.55. The van der Waals surface area contributed by atoms with Gasteiger partial charge < -0.3 is 15.0 Å². The monoisotopic (exact) mass is 262 g/mol. The van der Waals surface area contributed by atoms with E-state index in [0.29, 0.717) is 6.04 Å². The van der Waals surface area contributed by atoms with Crippen molar-refractivity contribution < 1.29 is 4.74 Å². The minimum atomic E-state index is 0.457. The van der Waals surface area contributed by atoms with Gasteiger partial charge in [-0.05, 0) is 31.0 Å². The lowest BCUT2D eigenvalue weighted by molar-refractivity contribution is 0.122. The number of morpholine rings is 1. The molecule has 1 N–H and O–H groups in total. The van der Waals surface area contributed by atoms with E-state index >= 15 is 0 Å². The third-order valence-electron chi connectivity index (χ3n) is 3.71. The maximum Gasteiger partial charge on any atom is 0.0642 e. The van der Waals surface area contributed by atoms with Crippen LogP contribution in [0.5, 0.6) is 0 Å². The van der Waals surface area contributed by atoms with Gasteiger partial charge in [-0.3, -0.25) is 0 Å². The van der Waals surface area contributed by atoms with E-state index in [1.807, 2.05) is 0 Å². The summed E-state index contributed by atoms with van der Waals surface area (Å²) in [4.78, 5) is 2.45. The molecule has 0 aliphatic carbocycles. The molecule has 0 aromatic heterocycles. The number of nitrogens with zero attached hydrogens (tertiary/aromatic N) is 1. The topological polar surface area (TPSA) is 24.5 Å². The zero-order valence-corrected chi connectivity index (χ0v) is 12.2. The molecule has 0 saturated carbocycles. The molecule has 1 saturated heterocycles. The summed E-state index contributed by atoms with van der Waals surface area (Å²) in [5.41, 5.74) is 2.81. The van der Waals surface area contributed by atoms with Crippen LogP contribution in [-0.4, -0.2) is 32.8 Å². The molecule has 0 spiro atoms. The Labute approximate surface area is 116 Å². The van der Waals surface area contributed by atoms with E-state index in [9.17, 15) is 0 Å². The fourth-order valence-electron chi connectivity index (χ4n) is 2.67. The maximum atomic E-state index is 5.46. The van der Waals surface area contributed by atoms with Crippen LogP contribution in [0.3, 0.4) is 0 Å². The standard InChI is InChI=1S/C16H26N2O/c1-3-9-17-15(4-2)14-7-5-6-8-16(14)18-10-12-19-13-11-18/h5-8,15,17H,3-4,9-13H2,1-2H3. The summed E-state index contributed by atoms with van der Waals surface area (Å²) in [6, 6.07) is 9.26. The van der Waals surface area contributed by atoms with E-state index in [2.05, 4.69) is 48.3 Å². The Morgan fingerprint density at radius 2 is 1.95 bits per heavy atom. The Morgan fingerprint density at radius 1 is 1.21 bits per heavy atom. The Balaban J connectivity index is 2.18. The smallest absolute Gasteiger partial charge is 0.0642 e. The molecule has 0 bridgehead atoms. The van der Waals surface area contributed by atoms with Crippen molar-refractivity contribution in [2.24, 2.45) is 0 Å². The van der Waals surface area contributed by atoms with Crippen LogP contribution < -0.4 is 10.2 Å². The number of hydrogen-bond donors (Lipinski definition) is 1. The Hall–Kier alpha value is -1.06. The number of hydrogen-bond acceptors (Lipinski definition) is 3. The Bertz CT molecular complexity index is 375. The SMILES string of the molecule is CCCNC(CC)c1ccccc1N1CCOCC1. The fraction of sp³-hybridized carbons (Fsp3) is 0.625. The largest absolute Gasteiger partial charge is 0.378 e. The van der Waals surface area contributed by atoms with Gasteiger partial charge in [-0.25, -0.2) is 0 Å². The molecule has 1 unspecified atom stereocenters. The molecule has 1 fully saturated rings. The quantitative estimate of drug-likeness (QED) is 0.853. The van der Waals surface area contributed by atoms with Crippen LogP contribution in [-0.2, 0) is 4.74 Å². The van der Waals surface area contributed by atoms with Crippen LogP contribution in [0.1, 0.15) is 38.3 Å². The second-order valence-electron chi connectivity index (χ2n) is 5.07. The van der Waals surface area contributed by atoms with Crippen LogP contribution in [0, 0.1) is 0 Å². The van der Waals surface area contributed by atoms with Crippen LogP contribution >= 0.6 is 0 Å². The first-order valence-electron chi connectivity index (χ1n) is 7.51. The number of benzene rings is 1. The van der Waals surface area contributed by atoms with Gasteiger partial charge in [-0.2, -0.15) is 0 Å². The number of anilines is 1. The Morgan fingerprint density at radius 3 is 2.63 bits per heavy atom. The molecule has 1 heterocycles. The fourth-order valence-corrected chi connectivity index (χ4v) is 2.67. The van der Waals surface area contributed by atoms with E-state index in [1.54, 1.807) is 0 Å². The summed E-state index contributed by atoms with van der Waals surface area (Å²) in [5.74, 6) is 0. The number of para-hydroxylation sites is 1. The molecule has 1 atom stereocenters. The summed E-state index contributed by atoms with van der Waals surface area (Å²) in [5, 5.41) is 3.66. The predicted molar refractivity (Wildman–Crippen MR) is 80.8 cm³/mol. The lowest BCUT2D eigenvalue weighted by Gasteiger charge is -2.32. The first-order valence-corrected chi connectivity index (χ1v) is 7.51. The molecule has 106 valence electrons. The predicted octanol–water partition coefficient (Wildman–Crippen LogP) is 2.97. The minimum absolute atomic E-state index is 0.457. The molecule has 0 amide bonds. The minimum Gasteiger partial charge on any atom is -0.378 e. The third kappa shape index (κ3) is 3.71. The van der Waals surface area contributed by atoms with Gasteiger partial charge >= 0.3 is 0 Å². The molecule has 3 nitrogen and oxygen atoms in total. The zero-order valence-electron chi connectivity index (χ0n) is 12.2. The lowest BCUT2D eigenvalue weighted by atomic mass is 10.0. The third-order valence-corrected chi connectivity index (χ3v) is 3.71. The van der Waals surface area contributed by atoms with Gasteiger partial charge in [0.2, 0.25) is 0 Å². The van der Waals surface area contributed by atoms with E-state index in [0.717, 1.165) is 39.3 Å². The lowest BCUT2D eigenvalue weighted by Crippen LogP contribution is -2.37. The average molecular weight is 262 g/mol. The maximum absolute atomic E-state index is 5.46. The van der Waals surface area contributed by atoms with Gasteiger partial charge in [0.1, 0.15) is 0 Å². The first-order chi connectivity index (χ1) is 9.36. The van der Waals surface area contributed by atoms with Crippen molar-refractivity contribution in [3.63, 3.8) is 0 Å². The number of ether oxygens (including phenoxy) is 1. The number of nitrogens with one attached hydrogen (secondary N) is 1. The van der Waals surface area contributed by atoms with Crippen molar-refractivity contribution in [1.29, 1.82) is 0 Å². The highest BCUT2D eigenvalue weighted by Crippen LogP contribution is 2.28. The molecule has 19 heavy (non-hydrogen) atoms. The van der Waals surface area contributed by atoms with Crippen LogP contribution in [0.2, 0.25) is 0 Å². The summed E-state index contributed by atoms with van der Waals surface area (Å²) < 4.78 is 5.46. The molecule has 1 aromatic carbocycles. The molecular weight excluding hydrogens is 236 g/mol. The van der Waals surface area contributed by atoms with Crippen molar-refractivity contribution in [3.8, 4) is 0 Å². The van der Waals surface area contributed by atoms with Gasteiger partial charge in [0, 0.05) is 24.8 Å².